The minimum absolute atomic E-state index is 0.264. The Bertz CT molecular complexity index is 552. The molecule has 0 heterocycles. The summed E-state index contributed by atoms with van der Waals surface area (Å²) in [5.41, 5.74) is 3.31. The highest BCUT2D eigenvalue weighted by Gasteiger charge is 2.04. The zero-order valence-electron chi connectivity index (χ0n) is 11.3. The van der Waals surface area contributed by atoms with Crippen molar-refractivity contribution in [2.45, 2.75) is 20.1 Å². The number of benzene rings is 2. The molecular weight excluding hydrogens is 238 g/mol. The van der Waals surface area contributed by atoms with Gasteiger partial charge in [0.2, 0.25) is 0 Å². The van der Waals surface area contributed by atoms with Crippen LogP contribution in [0.1, 0.15) is 16.7 Å². The van der Waals surface area contributed by atoms with Crippen molar-refractivity contribution in [2.24, 2.45) is 0 Å². The van der Waals surface area contributed by atoms with E-state index in [9.17, 15) is 5.11 Å². The molecule has 100 valence electrons. The summed E-state index contributed by atoms with van der Waals surface area (Å²) in [6, 6.07) is 13.3. The molecule has 2 rings (SSSR count). The average Bonchev–Trinajstić information content (AvgIpc) is 2.38. The number of phenolic OH excluding ortho intramolecular Hbond substituents is 1. The molecule has 0 aliphatic carbocycles. The third kappa shape index (κ3) is 3.73. The summed E-state index contributed by atoms with van der Waals surface area (Å²) in [5.74, 6) is 1.14. The van der Waals surface area contributed by atoms with E-state index in [1.54, 1.807) is 12.1 Å². The highest BCUT2D eigenvalue weighted by molar-refractivity contribution is 5.37. The molecule has 0 bridgehead atoms. The zero-order valence-corrected chi connectivity index (χ0v) is 11.3. The van der Waals surface area contributed by atoms with Crippen molar-refractivity contribution < 1.29 is 9.84 Å². The maximum Gasteiger partial charge on any atom is 0.124 e. The summed E-state index contributed by atoms with van der Waals surface area (Å²) in [5, 5.41) is 12.6. The van der Waals surface area contributed by atoms with Crippen LogP contribution < -0.4 is 10.1 Å². The number of hydrogen-bond acceptors (Lipinski definition) is 3. The molecule has 0 unspecified atom stereocenters. The fourth-order valence-electron chi connectivity index (χ4n) is 1.98. The van der Waals surface area contributed by atoms with E-state index in [-0.39, 0.29) is 5.75 Å². The van der Waals surface area contributed by atoms with Crippen LogP contribution in [0.3, 0.4) is 0 Å². The molecule has 3 nitrogen and oxygen atoms in total. The van der Waals surface area contributed by atoms with Gasteiger partial charge in [0.25, 0.3) is 0 Å². The van der Waals surface area contributed by atoms with Crippen molar-refractivity contribution >= 4 is 0 Å². The molecule has 3 heteroatoms. The summed E-state index contributed by atoms with van der Waals surface area (Å²) in [6.45, 7) is 3.30. The molecule has 19 heavy (non-hydrogen) atoms. The highest BCUT2D eigenvalue weighted by Crippen LogP contribution is 2.21. The molecule has 2 aromatic carbocycles. The van der Waals surface area contributed by atoms with E-state index >= 15 is 0 Å². The average molecular weight is 257 g/mol. The topological polar surface area (TPSA) is 41.5 Å². The van der Waals surface area contributed by atoms with E-state index in [1.165, 1.54) is 5.56 Å². The van der Waals surface area contributed by atoms with E-state index in [2.05, 4.69) is 18.3 Å². The van der Waals surface area contributed by atoms with E-state index in [1.807, 2.05) is 31.3 Å². The SMILES string of the molecule is CNCc1cc(C)ccc1OCc1cccc(O)c1. The molecule has 0 aromatic heterocycles. The first-order valence-corrected chi connectivity index (χ1v) is 6.34. The van der Waals surface area contributed by atoms with Crippen LogP contribution in [-0.2, 0) is 13.2 Å². The largest absolute Gasteiger partial charge is 0.508 e. The normalized spacial score (nSPS) is 10.4. The van der Waals surface area contributed by atoms with Crippen molar-refractivity contribution in [1.82, 2.24) is 5.32 Å². The monoisotopic (exact) mass is 257 g/mol. The second kappa shape index (κ2) is 6.25. The smallest absolute Gasteiger partial charge is 0.124 e. The van der Waals surface area contributed by atoms with Crippen molar-refractivity contribution in [3.05, 3.63) is 59.2 Å². The van der Waals surface area contributed by atoms with Crippen LogP contribution >= 0.6 is 0 Å². The standard InChI is InChI=1S/C16H19NO2/c1-12-6-7-16(14(8-12)10-17-2)19-11-13-4-3-5-15(18)9-13/h3-9,17-18H,10-11H2,1-2H3. The van der Waals surface area contributed by atoms with Crippen LogP contribution in [0.15, 0.2) is 42.5 Å². The molecule has 2 N–H and O–H groups in total. The van der Waals surface area contributed by atoms with Crippen molar-refractivity contribution in [2.75, 3.05) is 7.05 Å². The molecule has 0 fully saturated rings. The van der Waals surface area contributed by atoms with E-state index in [4.69, 9.17) is 4.74 Å². The molecule has 0 saturated heterocycles. The molecule has 0 amide bonds. The third-order valence-corrected chi connectivity index (χ3v) is 2.89. The summed E-state index contributed by atoms with van der Waals surface area (Å²) >= 11 is 0. The van der Waals surface area contributed by atoms with Crippen LogP contribution in [0.2, 0.25) is 0 Å². The Morgan fingerprint density at radius 2 is 2.00 bits per heavy atom. The van der Waals surface area contributed by atoms with Gasteiger partial charge < -0.3 is 15.2 Å². The second-order valence-electron chi connectivity index (χ2n) is 4.60. The summed E-state index contributed by atoms with van der Waals surface area (Å²) in [6.07, 6.45) is 0. The Morgan fingerprint density at radius 1 is 1.16 bits per heavy atom. The molecule has 0 saturated carbocycles. The maximum atomic E-state index is 9.42. The van der Waals surface area contributed by atoms with Gasteiger partial charge in [-0.15, -0.1) is 0 Å². The fraction of sp³-hybridized carbons (Fsp3) is 0.250. The molecule has 0 aliphatic heterocycles. The number of ether oxygens (including phenoxy) is 1. The Hall–Kier alpha value is -2.00. The number of aromatic hydroxyl groups is 1. The van der Waals surface area contributed by atoms with Gasteiger partial charge in [-0.2, -0.15) is 0 Å². The van der Waals surface area contributed by atoms with Crippen LogP contribution in [0.25, 0.3) is 0 Å². The molecule has 0 spiro atoms. The van der Waals surface area contributed by atoms with Gasteiger partial charge in [0, 0.05) is 12.1 Å². The lowest BCUT2D eigenvalue weighted by atomic mass is 10.1. The van der Waals surface area contributed by atoms with Crippen LogP contribution in [-0.4, -0.2) is 12.2 Å². The van der Waals surface area contributed by atoms with Gasteiger partial charge in [0.05, 0.1) is 0 Å². The van der Waals surface area contributed by atoms with Crippen LogP contribution in [0, 0.1) is 6.92 Å². The Balaban J connectivity index is 2.10. The molecular formula is C16H19NO2. The first-order valence-electron chi connectivity index (χ1n) is 6.34. The van der Waals surface area contributed by atoms with Crippen LogP contribution in [0.5, 0.6) is 11.5 Å². The lowest BCUT2D eigenvalue weighted by Crippen LogP contribution is -2.08. The van der Waals surface area contributed by atoms with Gasteiger partial charge in [0.1, 0.15) is 18.1 Å². The Kier molecular flexibility index (Phi) is 4.42. The van der Waals surface area contributed by atoms with Gasteiger partial charge >= 0.3 is 0 Å². The summed E-state index contributed by atoms with van der Waals surface area (Å²) < 4.78 is 5.83. The van der Waals surface area contributed by atoms with Gasteiger partial charge in [-0.05, 0) is 37.7 Å². The second-order valence-corrected chi connectivity index (χ2v) is 4.60. The first kappa shape index (κ1) is 13.4. The minimum Gasteiger partial charge on any atom is -0.508 e. The van der Waals surface area contributed by atoms with Crippen molar-refractivity contribution in [3.8, 4) is 11.5 Å². The van der Waals surface area contributed by atoms with E-state index in [0.717, 1.165) is 23.4 Å². The number of rotatable bonds is 5. The number of hydrogen-bond donors (Lipinski definition) is 2. The predicted octanol–water partition coefficient (Wildman–Crippen LogP) is 3.00. The molecule has 0 radical (unpaired) electrons. The Labute approximate surface area is 113 Å². The van der Waals surface area contributed by atoms with Gasteiger partial charge in [-0.1, -0.05) is 29.8 Å². The van der Waals surface area contributed by atoms with E-state index < -0.39 is 0 Å². The molecule has 0 atom stereocenters. The lowest BCUT2D eigenvalue weighted by Gasteiger charge is -2.12. The quantitative estimate of drug-likeness (QED) is 0.865. The van der Waals surface area contributed by atoms with Crippen molar-refractivity contribution in [3.63, 3.8) is 0 Å². The minimum atomic E-state index is 0.264. The van der Waals surface area contributed by atoms with Crippen LogP contribution in [0.4, 0.5) is 0 Å². The maximum absolute atomic E-state index is 9.42. The lowest BCUT2D eigenvalue weighted by molar-refractivity contribution is 0.301. The zero-order chi connectivity index (χ0) is 13.7. The number of phenols is 1. The first-order chi connectivity index (χ1) is 9.19. The third-order valence-electron chi connectivity index (χ3n) is 2.89. The molecule has 2 aromatic rings. The predicted molar refractivity (Wildman–Crippen MR) is 76.4 cm³/mol. The highest BCUT2D eigenvalue weighted by atomic mass is 16.5. The number of nitrogens with one attached hydrogen (secondary N) is 1. The fourth-order valence-corrected chi connectivity index (χ4v) is 1.98. The summed E-state index contributed by atoms with van der Waals surface area (Å²) in [7, 11) is 1.92. The Morgan fingerprint density at radius 3 is 2.74 bits per heavy atom. The van der Waals surface area contributed by atoms with Gasteiger partial charge in [-0.25, -0.2) is 0 Å². The van der Waals surface area contributed by atoms with E-state index in [0.29, 0.717) is 6.61 Å². The number of aryl methyl sites for hydroxylation is 1. The van der Waals surface area contributed by atoms with Crippen molar-refractivity contribution in [1.29, 1.82) is 0 Å². The summed E-state index contributed by atoms with van der Waals surface area (Å²) in [4.78, 5) is 0. The molecule has 0 aliphatic rings. The van der Waals surface area contributed by atoms with Gasteiger partial charge in [0.15, 0.2) is 0 Å². The van der Waals surface area contributed by atoms with Gasteiger partial charge in [-0.3, -0.25) is 0 Å².